The van der Waals surface area contributed by atoms with Gasteiger partial charge in [-0.1, -0.05) is 31.2 Å². The molecule has 0 aromatic carbocycles. The smallest absolute Gasteiger partial charge is 0.313 e. The Morgan fingerprint density at radius 1 is 1.12 bits per heavy atom. The lowest BCUT2D eigenvalue weighted by Gasteiger charge is -2.39. The zero-order chi connectivity index (χ0) is 23.1. The van der Waals surface area contributed by atoms with Crippen molar-refractivity contribution in [2.45, 2.75) is 69.7 Å². The molecule has 0 aromatic rings. The van der Waals surface area contributed by atoms with Crippen LogP contribution in [0.2, 0.25) is 0 Å². The maximum Gasteiger partial charge on any atom is 0.313 e. The molecule has 0 bridgehead atoms. The van der Waals surface area contributed by atoms with Gasteiger partial charge in [0.15, 0.2) is 0 Å². The van der Waals surface area contributed by atoms with Crippen LogP contribution in [0.15, 0.2) is 24.3 Å². The Kier molecular flexibility index (Phi) is 6.20. The molecule has 4 aliphatic heterocycles. The molecular formula is C24H34N2O6. The van der Waals surface area contributed by atoms with E-state index in [9.17, 15) is 19.5 Å². The average Bonchev–Trinajstić information content (AvgIpc) is 3.09. The molecule has 0 aliphatic carbocycles. The summed E-state index contributed by atoms with van der Waals surface area (Å²) in [6, 6.07) is -0.895. The van der Waals surface area contributed by atoms with Gasteiger partial charge in [0.25, 0.3) is 0 Å². The minimum atomic E-state index is -1.23. The molecule has 2 amide bonds. The molecule has 1 unspecified atom stereocenters. The number of aliphatic hydroxyl groups excluding tert-OH is 1. The summed E-state index contributed by atoms with van der Waals surface area (Å²) in [5.41, 5.74) is -2.23. The average molecular weight is 447 g/mol. The number of fused-ring (bicyclic) bond motifs is 2. The maximum absolute atomic E-state index is 13.9. The molecular weight excluding hydrogens is 412 g/mol. The maximum atomic E-state index is 13.9. The summed E-state index contributed by atoms with van der Waals surface area (Å²) in [5.74, 6) is -2.49. The summed E-state index contributed by atoms with van der Waals surface area (Å²) in [4.78, 5) is 44.3. The third kappa shape index (κ3) is 3.30. The van der Waals surface area contributed by atoms with E-state index < -0.39 is 35.0 Å². The first-order valence-corrected chi connectivity index (χ1v) is 11.8. The van der Waals surface area contributed by atoms with E-state index >= 15 is 0 Å². The molecule has 2 fully saturated rings. The summed E-state index contributed by atoms with van der Waals surface area (Å²) in [6.45, 7) is 6.87. The molecule has 8 nitrogen and oxygen atoms in total. The van der Waals surface area contributed by atoms with E-state index in [1.54, 1.807) is 9.80 Å². The summed E-state index contributed by atoms with van der Waals surface area (Å²) >= 11 is 0. The van der Waals surface area contributed by atoms with Crippen LogP contribution < -0.4 is 0 Å². The number of carbonyl (C=O) groups is 3. The van der Waals surface area contributed by atoms with Crippen molar-refractivity contribution in [3.8, 4) is 0 Å². The first kappa shape index (κ1) is 23.0. The molecule has 0 aromatic heterocycles. The second kappa shape index (κ2) is 8.63. The Morgan fingerprint density at radius 2 is 1.91 bits per heavy atom. The predicted molar refractivity (Wildman–Crippen MR) is 116 cm³/mol. The Morgan fingerprint density at radius 3 is 2.59 bits per heavy atom. The quantitative estimate of drug-likeness (QED) is 0.377. The monoisotopic (exact) mass is 446 g/mol. The standard InChI is InChI=1S/C24H34N2O6/c1-4-23-10-5-8-15-31-22(30)18(23)17-20(28)26(12-6-7-14-27)19-21(29)25(16(2)3)13-9-11-24(17,19)32-23/h5,9-11,16-19,27H,4,6-8,12-15H2,1-3H3/t17-,18+,19?,23-,24-/m0/s1. The van der Waals surface area contributed by atoms with E-state index in [2.05, 4.69) is 0 Å². The van der Waals surface area contributed by atoms with Crippen LogP contribution in [0.1, 0.15) is 46.5 Å². The van der Waals surface area contributed by atoms with Crippen molar-refractivity contribution in [1.82, 2.24) is 9.80 Å². The first-order valence-electron chi connectivity index (χ1n) is 11.8. The van der Waals surface area contributed by atoms with Crippen molar-refractivity contribution >= 4 is 17.8 Å². The zero-order valence-electron chi connectivity index (χ0n) is 19.2. The molecule has 0 saturated carbocycles. The van der Waals surface area contributed by atoms with E-state index in [1.807, 2.05) is 45.1 Å². The molecule has 4 aliphatic rings. The van der Waals surface area contributed by atoms with E-state index in [1.165, 1.54) is 0 Å². The second-order valence-electron chi connectivity index (χ2n) is 9.43. The Hall–Kier alpha value is -2.19. The number of ether oxygens (including phenoxy) is 2. The number of unbranched alkanes of at least 4 members (excludes halogenated alkanes) is 1. The van der Waals surface area contributed by atoms with Crippen LogP contribution in [0.25, 0.3) is 0 Å². The van der Waals surface area contributed by atoms with Gasteiger partial charge >= 0.3 is 5.97 Å². The summed E-state index contributed by atoms with van der Waals surface area (Å²) in [5, 5.41) is 9.24. The van der Waals surface area contributed by atoms with E-state index in [0.717, 1.165) is 0 Å². The number of amides is 2. The van der Waals surface area contributed by atoms with Crippen LogP contribution in [0.5, 0.6) is 0 Å². The molecule has 5 atom stereocenters. The van der Waals surface area contributed by atoms with Gasteiger partial charge < -0.3 is 24.4 Å². The van der Waals surface area contributed by atoms with Crippen LogP contribution in [0.4, 0.5) is 0 Å². The van der Waals surface area contributed by atoms with Gasteiger partial charge in [0.05, 0.1) is 12.5 Å². The van der Waals surface area contributed by atoms with Crippen molar-refractivity contribution in [2.75, 3.05) is 26.3 Å². The first-order chi connectivity index (χ1) is 15.3. The minimum absolute atomic E-state index is 0.0163. The fourth-order valence-electron chi connectivity index (χ4n) is 5.84. The molecule has 32 heavy (non-hydrogen) atoms. The number of hydrogen-bond acceptors (Lipinski definition) is 6. The van der Waals surface area contributed by atoms with Crippen molar-refractivity contribution in [3.05, 3.63) is 24.3 Å². The lowest BCUT2D eigenvalue weighted by Crippen LogP contribution is -2.57. The van der Waals surface area contributed by atoms with E-state index in [0.29, 0.717) is 38.8 Å². The molecule has 2 saturated heterocycles. The second-order valence-corrected chi connectivity index (χ2v) is 9.43. The van der Waals surface area contributed by atoms with Gasteiger partial charge in [-0.3, -0.25) is 14.4 Å². The number of rotatable bonds is 6. The van der Waals surface area contributed by atoms with Crippen LogP contribution in [0, 0.1) is 11.8 Å². The number of esters is 1. The number of carbonyl (C=O) groups excluding carboxylic acids is 3. The highest BCUT2D eigenvalue weighted by Gasteiger charge is 2.75. The van der Waals surface area contributed by atoms with Crippen molar-refractivity contribution < 1.29 is 29.0 Å². The van der Waals surface area contributed by atoms with Gasteiger partial charge in [0, 0.05) is 25.7 Å². The summed E-state index contributed by atoms with van der Waals surface area (Å²) in [6.07, 6.45) is 9.78. The minimum Gasteiger partial charge on any atom is -0.465 e. The molecule has 1 N–H and O–H groups in total. The third-order valence-electron chi connectivity index (χ3n) is 7.36. The normalized spacial score (nSPS) is 36.5. The third-order valence-corrected chi connectivity index (χ3v) is 7.36. The van der Waals surface area contributed by atoms with Gasteiger partial charge in [-0.2, -0.15) is 0 Å². The highest BCUT2D eigenvalue weighted by Crippen LogP contribution is 2.58. The van der Waals surface area contributed by atoms with Crippen LogP contribution in [-0.2, 0) is 23.9 Å². The Labute approximate surface area is 189 Å². The molecule has 4 heterocycles. The highest BCUT2D eigenvalue weighted by atomic mass is 16.6. The van der Waals surface area contributed by atoms with Gasteiger partial charge in [0.2, 0.25) is 11.8 Å². The number of likely N-dealkylation sites (tertiary alicyclic amines) is 1. The lowest BCUT2D eigenvalue weighted by atomic mass is 9.73. The van der Waals surface area contributed by atoms with Gasteiger partial charge in [-0.15, -0.1) is 0 Å². The lowest BCUT2D eigenvalue weighted by molar-refractivity contribution is -0.162. The van der Waals surface area contributed by atoms with E-state index in [4.69, 9.17) is 9.47 Å². The fraction of sp³-hybridized carbons (Fsp3) is 0.708. The van der Waals surface area contributed by atoms with Gasteiger partial charge in [-0.05, 0) is 39.5 Å². The van der Waals surface area contributed by atoms with Gasteiger partial charge in [0.1, 0.15) is 23.2 Å². The van der Waals surface area contributed by atoms with Crippen LogP contribution in [-0.4, -0.2) is 82.3 Å². The molecule has 4 rings (SSSR count). The number of cyclic esters (lactones) is 1. The SMILES string of the molecule is CC[C@]12C=CCCOC(=O)[C@H]1[C@H]1C(=O)N(CCCCO)C3C(=O)N(C(C)C)CC=C[C@@]31O2. The topological polar surface area (TPSA) is 96.4 Å². The molecule has 8 heteroatoms. The number of nitrogens with zero attached hydrogens (tertiary/aromatic N) is 2. The van der Waals surface area contributed by atoms with Crippen molar-refractivity contribution in [2.24, 2.45) is 11.8 Å². The van der Waals surface area contributed by atoms with Crippen LogP contribution in [0.3, 0.4) is 0 Å². The largest absolute Gasteiger partial charge is 0.465 e. The Bertz CT molecular complexity index is 838. The molecule has 0 radical (unpaired) electrons. The summed E-state index contributed by atoms with van der Waals surface area (Å²) in [7, 11) is 0. The summed E-state index contributed by atoms with van der Waals surface area (Å²) < 4.78 is 12.3. The van der Waals surface area contributed by atoms with E-state index in [-0.39, 0.29) is 31.1 Å². The zero-order valence-corrected chi connectivity index (χ0v) is 19.2. The number of hydrogen-bond donors (Lipinski definition) is 1. The van der Waals surface area contributed by atoms with Crippen LogP contribution >= 0.6 is 0 Å². The predicted octanol–water partition coefficient (Wildman–Crippen LogP) is 1.43. The number of aliphatic hydroxyl groups is 1. The van der Waals surface area contributed by atoms with Gasteiger partial charge in [-0.25, -0.2) is 0 Å². The highest BCUT2D eigenvalue weighted by molar-refractivity contribution is 5.99. The molecule has 1 spiro atoms. The van der Waals surface area contributed by atoms with Crippen molar-refractivity contribution in [1.29, 1.82) is 0 Å². The van der Waals surface area contributed by atoms with Crippen molar-refractivity contribution in [3.63, 3.8) is 0 Å². The Balaban J connectivity index is 1.86. The fourth-order valence-corrected chi connectivity index (χ4v) is 5.84. The molecule has 176 valence electrons.